The number of alkyl halides is 3. The molecule has 322 valence electrons. The molecule has 2 aliphatic heterocycles. The van der Waals surface area contributed by atoms with Gasteiger partial charge >= 0.3 is 24.2 Å². The summed E-state index contributed by atoms with van der Waals surface area (Å²) in [6, 6.07) is 16.3. The first-order valence-corrected chi connectivity index (χ1v) is 20.1. The molecule has 2 saturated carbocycles. The number of ether oxygens (including phenoxy) is 3. The second-order valence-electron chi connectivity index (χ2n) is 15.2. The van der Waals surface area contributed by atoms with Crippen LogP contribution in [0.15, 0.2) is 77.2 Å². The lowest BCUT2D eigenvalue weighted by molar-refractivity contribution is -0.147. The average molecular weight is 845 g/mol. The molecular weight excluding hydrogens is 798 g/mol. The molecule has 0 atom stereocenters. The highest BCUT2D eigenvalue weighted by Gasteiger charge is 2.54. The maximum absolute atomic E-state index is 13.1. The van der Waals surface area contributed by atoms with Crippen LogP contribution in [0.2, 0.25) is 0 Å². The molecule has 2 fully saturated rings. The van der Waals surface area contributed by atoms with Gasteiger partial charge in [0.25, 0.3) is 0 Å². The normalized spacial score (nSPS) is 17.4. The van der Waals surface area contributed by atoms with Gasteiger partial charge in [0, 0.05) is 35.6 Å². The van der Waals surface area contributed by atoms with Gasteiger partial charge in [-0.25, -0.2) is 33.5 Å². The number of halogens is 3. The Bertz CT molecular complexity index is 2430. The van der Waals surface area contributed by atoms with E-state index in [2.05, 4.69) is 20.5 Å². The van der Waals surface area contributed by atoms with Crippen molar-refractivity contribution >= 4 is 35.5 Å². The Balaban J connectivity index is 0.000000189. The maximum atomic E-state index is 13.1. The SMILES string of the molecule is CCN=C=O.CCNC(=O)OC1=C(n2nc(-c3cccc(C(F)(F)F)c3)cc2C)C(=O)OC12CCCC2.Cc1cccc(-c2cc(C)n(C3=C(O)C4(CCCC4)OC3=O)n2)c1. The molecular formula is C44H47F3N6O8. The number of benzene rings is 2. The molecule has 14 nitrogen and oxygen atoms in total. The molecule has 4 aromatic rings. The summed E-state index contributed by atoms with van der Waals surface area (Å²) in [4.78, 5) is 49.7. The van der Waals surface area contributed by atoms with Crippen molar-refractivity contribution in [1.29, 1.82) is 0 Å². The molecule has 2 aromatic carbocycles. The first kappa shape index (κ1) is 44.1. The number of aliphatic hydroxyl groups is 1. The van der Waals surface area contributed by atoms with Crippen molar-refractivity contribution in [2.24, 2.45) is 4.99 Å². The summed E-state index contributed by atoms with van der Waals surface area (Å²) in [6.07, 6.45) is 2.08. The van der Waals surface area contributed by atoms with Gasteiger partial charge in [-0.1, -0.05) is 35.9 Å². The van der Waals surface area contributed by atoms with E-state index in [-0.39, 0.29) is 34.2 Å². The second kappa shape index (κ2) is 18.0. The Labute approximate surface area is 350 Å². The van der Waals surface area contributed by atoms with E-state index in [4.69, 9.17) is 19.0 Å². The van der Waals surface area contributed by atoms with E-state index >= 15 is 0 Å². The number of hydrogen-bond donors (Lipinski definition) is 2. The van der Waals surface area contributed by atoms with Crippen LogP contribution >= 0.6 is 0 Å². The molecule has 2 spiro atoms. The summed E-state index contributed by atoms with van der Waals surface area (Å²) in [5.74, 6) is -1.05. The van der Waals surface area contributed by atoms with Crippen LogP contribution in [0.5, 0.6) is 0 Å². The zero-order chi connectivity index (χ0) is 44.1. The lowest BCUT2D eigenvalue weighted by Crippen LogP contribution is -2.33. The number of hydrogen-bond acceptors (Lipinski definition) is 11. The summed E-state index contributed by atoms with van der Waals surface area (Å²) < 4.78 is 58.9. The monoisotopic (exact) mass is 844 g/mol. The molecule has 0 radical (unpaired) electrons. The quantitative estimate of drug-likeness (QED) is 0.0792. The number of isocyanates is 1. The molecule has 8 rings (SSSR count). The number of aryl methyl sites for hydroxylation is 3. The van der Waals surface area contributed by atoms with E-state index in [0.717, 1.165) is 60.3 Å². The number of aromatic nitrogens is 4. The summed E-state index contributed by atoms with van der Waals surface area (Å²) in [7, 11) is 0. The standard InChI is InChI=1S/C22H22F3N3O4.C19H20N2O3.C3H5NO/c1-3-26-20(30)31-18-17(19(29)32-21(18)9-4-5-10-21)28-13(2)11-16(27-28)14-7-6-8-15(12-14)22(23,24)25;1-12-6-5-7-14(10-12)15-11-13(2)21(20-15)16-17(22)19(24-18(16)23)8-3-4-9-19;1-2-4-3-5/h6-8,11-12H,3-5,9-10H2,1-2H3,(H,26,30);5-7,10-11,22H,3-4,8-9H2,1-2H3;2H2,1H3. The third-order valence-corrected chi connectivity index (χ3v) is 10.8. The van der Waals surface area contributed by atoms with Crippen molar-refractivity contribution < 1.29 is 51.7 Å². The number of esters is 2. The molecule has 2 aliphatic carbocycles. The summed E-state index contributed by atoms with van der Waals surface area (Å²) in [5.41, 5.74) is 2.14. The Morgan fingerprint density at radius 1 is 0.836 bits per heavy atom. The van der Waals surface area contributed by atoms with Gasteiger partial charge in [0.05, 0.1) is 17.0 Å². The lowest BCUT2D eigenvalue weighted by atomic mass is 10.00. The highest BCUT2D eigenvalue weighted by atomic mass is 19.4. The number of rotatable bonds is 7. The fourth-order valence-electron chi connectivity index (χ4n) is 7.92. The van der Waals surface area contributed by atoms with E-state index in [0.29, 0.717) is 44.5 Å². The average Bonchev–Trinajstić information content (AvgIpc) is 4.08. The smallest absolute Gasteiger partial charge is 0.416 e. The lowest BCUT2D eigenvalue weighted by Gasteiger charge is -2.24. The van der Waals surface area contributed by atoms with Gasteiger partial charge in [-0.2, -0.15) is 23.4 Å². The van der Waals surface area contributed by atoms with Crippen LogP contribution in [0.1, 0.15) is 87.7 Å². The molecule has 4 heterocycles. The Kier molecular flexibility index (Phi) is 13.0. The van der Waals surface area contributed by atoms with Gasteiger partial charge < -0.3 is 24.6 Å². The zero-order valence-electron chi connectivity index (χ0n) is 34.5. The predicted octanol–water partition coefficient (Wildman–Crippen LogP) is 8.77. The molecule has 61 heavy (non-hydrogen) atoms. The van der Waals surface area contributed by atoms with Crippen molar-refractivity contribution in [2.45, 2.75) is 103 Å². The molecule has 1 amide bonds. The molecule has 4 aliphatic rings. The van der Waals surface area contributed by atoms with Crippen molar-refractivity contribution in [1.82, 2.24) is 24.9 Å². The van der Waals surface area contributed by atoms with Crippen LogP contribution in [0.25, 0.3) is 33.9 Å². The maximum Gasteiger partial charge on any atom is 0.416 e. The Hall–Kier alpha value is -6.48. The van der Waals surface area contributed by atoms with Gasteiger partial charge in [-0.05, 0) is 116 Å². The van der Waals surface area contributed by atoms with Gasteiger partial charge in [-0.15, -0.1) is 0 Å². The number of aliphatic imine (C=N–C) groups is 1. The number of nitrogens with zero attached hydrogens (tertiary/aromatic N) is 5. The fourth-order valence-corrected chi connectivity index (χ4v) is 7.92. The van der Waals surface area contributed by atoms with Crippen molar-refractivity contribution in [3.63, 3.8) is 0 Å². The van der Waals surface area contributed by atoms with Crippen LogP contribution in [0.4, 0.5) is 18.0 Å². The Morgan fingerprint density at radius 3 is 1.89 bits per heavy atom. The van der Waals surface area contributed by atoms with Crippen LogP contribution in [-0.2, 0) is 34.8 Å². The minimum atomic E-state index is -4.49. The van der Waals surface area contributed by atoms with E-state index in [1.807, 2.05) is 44.2 Å². The second-order valence-corrected chi connectivity index (χ2v) is 15.2. The predicted molar refractivity (Wildman–Crippen MR) is 217 cm³/mol. The van der Waals surface area contributed by atoms with E-state index < -0.39 is 41.0 Å². The molecule has 0 saturated heterocycles. The summed E-state index contributed by atoms with van der Waals surface area (Å²) in [5, 5.41) is 22.1. The third kappa shape index (κ3) is 9.16. The fraction of sp³-hybridized carbons (Fsp3) is 0.409. The van der Waals surface area contributed by atoms with Crippen LogP contribution in [0, 0.1) is 20.8 Å². The van der Waals surface area contributed by atoms with E-state index in [1.54, 1.807) is 26.8 Å². The number of carbonyl (C=O) groups is 3. The van der Waals surface area contributed by atoms with Crippen molar-refractivity contribution in [3.05, 3.63) is 94.7 Å². The Morgan fingerprint density at radius 2 is 1.36 bits per heavy atom. The molecule has 0 unspecified atom stereocenters. The van der Waals surface area contributed by atoms with Crippen LogP contribution in [-0.4, -0.2) is 73.1 Å². The van der Waals surface area contributed by atoms with Gasteiger partial charge in [0.2, 0.25) is 6.08 Å². The topological polar surface area (TPSA) is 176 Å². The number of amides is 1. The van der Waals surface area contributed by atoms with Crippen LogP contribution in [0.3, 0.4) is 0 Å². The number of alkyl carbamates (subject to hydrolysis) is 1. The van der Waals surface area contributed by atoms with Crippen LogP contribution < -0.4 is 5.32 Å². The number of carbonyl (C=O) groups excluding carboxylic acids is 4. The first-order valence-electron chi connectivity index (χ1n) is 20.1. The summed E-state index contributed by atoms with van der Waals surface area (Å²) >= 11 is 0. The highest BCUT2D eigenvalue weighted by molar-refractivity contribution is 6.14. The minimum absolute atomic E-state index is 0.0334. The van der Waals surface area contributed by atoms with E-state index in [9.17, 15) is 32.7 Å². The van der Waals surface area contributed by atoms with Gasteiger partial charge in [0.1, 0.15) is 0 Å². The number of nitrogens with one attached hydrogen (secondary N) is 1. The zero-order valence-corrected chi connectivity index (χ0v) is 34.5. The van der Waals surface area contributed by atoms with Crippen molar-refractivity contribution in [2.75, 3.05) is 13.1 Å². The van der Waals surface area contributed by atoms with Gasteiger partial charge in [-0.3, -0.25) is 0 Å². The summed E-state index contributed by atoms with van der Waals surface area (Å²) in [6.45, 7) is 9.96. The van der Waals surface area contributed by atoms with Gasteiger partial charge in [0.15, 0.2) is 34.1 Å². The molecule has 2 N–H and O–H groups in total. The molecule has 2 aromatic heterocycles. The molecule has 17 heteroatoms. The van der Waals surface area contributed by atoms with E-state index in [1.165, 1.54) is 27.6 Å². The highest BCUT2D eigenvalue weighted by Crippen LogP contribution is 2.48. The van der Waals surface area contributed by atoms with Crippen molar-refractivity contribution in [3.8, 4) is 22.5 Å². The largest absolute Gasteiger partial charge is 0.506 e. The minimum Gasteiger partial charge on any atom is -0.506 e. The number of aliphatic hydroxyl groups excluding tert-OH is 1. The first-order chi connectivity index (χ1) is 29.1. The molecule has 0 bridgehead atoms. The third-order valence-electron chi connectivity index (χ3n) is 10.8.